The molecule has 0 saturated heterocycles. The van der Waals surface area contributed by atoms with Gasteiger partial charge < -0.3 is 5.32 Å². The molecule has 0 bridgehead atoms. The number of nitrogens with zero attached hydrogens (tertiary/aromatic N) is 1. The minimum atomic E-state index is -0.271. The third-order valence-electron chi connectivity index (χ3n) is 4.70. The van der Waals surface area contributed by atoms with Gasteiger partial charge in [0.2, 0.25) is 0 Å². The third-order valence-corrected chi connectivity index (χ3v) is 5.82. The van der Waals surface area contributed by atoms with Gasteiger partial charge in [0.25, 0.3) is 11.8 Å². The van der Waals surface area contributed by atoms with E-state index in [0.29, 0.717) is 21.9 Å². The smallest absolute Gasteiger partial charge is 0.257 e. The number of aryl methyl sites for hydroxylation is 1. The Kier molecular flexibility index (Phi) is 7.76. The number of rotatable bonds is 6. The van der Waals surface area contributed by atoms with Crippen LogP contribution in [0, 0.1) is 0 Å². The maximum Gasteiger partial charge on any atom is 0.257 e. The number of hydrogen-bond acceptors (Lipinski definition) is 4. The zero-order valence-corrected chi connectivity index (χ0v) is 19.0. The van der Waals surface area contributed by atoms with Gasteiger partial charge in [-0.1, -0.05) is 61.5 Å². The zero-order valence-electron chi connectivity index (χ0n) is 17.4. The average Bonchev–Trinajstić information content (AvgIpc) is 3.23. The molecule has 0 aliphatic rings. The van der Waals surface area contributed by atoms with Crippen LogP contribution in [-0.2, 0) is 6.42 Å². The van der Waals surface area contributed by atoms with Crippen molar-refractivity contribution in [1.82, 2.24) is 4.98 Å². The summed E-state index contributed by atoms with van der Waals surface area (Å²) < 4.78 is 0. The molecule has 0 aliphatic carbocycles. The van der Waals surface area contributed by atoms with E-state index >= 15 is 0 Å². The van der Waals surface area contributed by atoms with Crippen LogP contribution in [0.2, 0.25) is 0 Å². The first-order valence-corrected chi connectivity index (χ1v) is 10.8. The summed E-state index contributed by atoms with van der Waals surface area (Å²) in [4.78, 5) is 30.9. The molecule has 4 rings (SSSR count). The lowest BCUT2D eigenvalue weighted by Crippen LogP contribution is -2.14. The van der Waals surface area contributed by atoms with Crippen LogP contribution in [0.1, 0.15) is 32.5 Å². The highest BCUT2D eigenvalue weighted by atomic mass is 35.5. The fraction of sp³-hybridized carbons (Fsp3) is 0.0800. The van der Waals surface area contributed by atoms with Crippen molar-refractivity contribution in [1.29, 1.82) is 0 Å². The van der Waals surface area contributed by atoms with Gasteiger partial charge in [-0.3, -0.25) is 14.9 Å². The van der Waals surface area contributed by atoms with Crippen molar-refractivity contribution in [3.63, 3.8) is 0 Å². The molecule has 0 atom stereocenters. The van der Waals surface area contributed by atoms with Gasteiger partial charge in [0.05, 0.1) is 5.69 Å². The molecule has 2 amide bonds. The predicted molar refractivity (Wildman–Crippen MR) is 133 cm³/mol. The van der Waals surface area contributed by atoms with Crippen molar-refractivity contribution in [3.05, 3.63) is 101 Å². The first-order chi connectivity index (χ1) is 15.1. The molecule has 0 fully saturated rings. The second-order valence-corrected chi connectivity index (χ2v) is 7.95. The second-order valence-electron chi connectivity index (χ2n) is 6.87. The van der Waals surface area contributed by atoms with E-state index in [9.17, 15) is 9.59 Å². The lowest BCUT2D eigenvalue weighted by molar-refractivity contribution is 0.101. The number of carbonyl (C=O) groups excluding carboxylic acids is 2. The van der Waals surface area contributed by atoms with E-state index in [1.165, 1.54) is 11.3 Å². The molecule has 0 unspecified atom stereocenters. The summed E-state index contributed by atoms with van der Waals surface area (Å²) in [6.45, 7) is 2.07. The average molecular weight is 464 g/mol. The molecule has 0 spiro atoms. The van der Waals surface area contributed by atoms with E-state index in [2.05, 4.69) is 22.5 Å². The number of halogens is 1. The van der Waals surface area contributed by atoms with Crippen molar-refractivity contribution in [2.75, 3.05) is 10.6 Å². The van der Waals surface area contributed by atoms with Gasteiger partial charge in [0, 0.05) is 27.3 Å². The molecule has 0 saturated carbocycles. The van der Waals surface area contributed by atoms with Crippen molar-refractivity contribution in [2.45, 2.75) is 13.3 Å². The Bertz CT molecular complexity index is 1210. The Morgan fingerprint density at radius 1 is 0.812 bits per heavy atom. The normalized spacial score (nSPS) is 10.2. The van der Waals surface area contributed by atoms with Crippen LogP contribution < -0.4 is 10.6 Å². The number of carbonyl (C=O) groups is 2. The van der Waals surface area contributed by atoms with Crippen LogP contribution in [0.15, 0.2) is 84.9 Å². The zero-order chi connectivity index (χ0) is 21.6. The minimum absolute atomic E-state index is 0. The molecule has 2 N–H and O–H groups in total. The fourth-order valence-corrected chi connectivity index (χ4v) is 4.09. The van der Waals surface area contributed by atoms with Crippen LogP contribution in [-0.4, -0.2) is 16.8 Å². The third kappa shape index (κ3) is 5.41. The molecule has 0 radical (unpaired) electrons. The first-order valence-electron chi connectivity index (χ1n) is 9.97. The van der Waals surface area contributed by atoms with Crippen LogP contribution in [0.3, 0.4) is 0 Å². The fourth-order valence-electron chi connectivity index (χ4n) is 3.17. The molecule has 7 heteroatoms. The van der Waals surface area contributed by atoms with Crippen LogP contribution >= 0.6 is 23.7 Å². The maximum absolute atomic E-state index is 12.8. The van der Waals surface area contributed by atoms with Gasteiger partial charge in [0.15, 0.2) is 5.13 Å². The molecule has 5 nitrogen and oxygen atoms in total. The van der Waals surface area contributed by atoms with Crippen molar-refractivity contribution < 1.29 is 9.59 Å². The molecule has 3 aromatic carbocycles. The number of thiazole rings is 1. The molecule has 162 valence electrons. The van der Waals surface area contributed by atoms with Crippen LogP contribution in [0.4, 0.5) is 10.8 Å². The predicted octanol–water partition coefficient (Wildman–Crippen LogP) is 6.30. The Hall–Kier alpha value is -3.48. The highest BCUT2D eigenvalue weighted by molar-refractivity contribution is 7.16. The topological polar surface area (TPSA) is 71.1 Å². The van der Waals surface area contributed by atoms with E-state index in [-0.39, 0.29) is 24.2 Å². The van der Waals surface area contributed by atoms with Crippen molar-refractivity contribution >= 4 is 46.4 Å². The molecular weight excluding hydrogens is 442 g/mol. The number of hydrogen-bond donors (Lipinski definition) is 2. The van der Waals surface area contributed by atoms with Gasteiger partial charge in [0.1, 0.15) is 0 Å². The number of aromatic nitrogens is 1. The summed E-state index contributed by atoms with van der Waals surface area (Å²) in [5.41, 5.74) is 3.48. The van der Waals surface area contributed by atoms with Gasteiger partial charge in [-0.05, 0) is 36.8 Å². The SMILES string of the molecule is CCc1sc(NC(=O)c2cccc(NC(=O)c3ccccc3)c2)nc1-c1ccccc1.Cl. The number of amides is 2. The Labute approximate surface area is 196 Å². The minimum Gasteiger partial charge on any atom is -0.322 e. The molecule has 32 heavy (non-hydrogen) atoms. The lowest BCUT2D eigenvalue weighted by atomic mass is 10.1. The highest BCUT2D eigenvalue weighted by Gasteiger charge is 2.15. The summed E-state index contributed by atoms with van der Waals surface area (Å²) in [6, 6.07) is 25.7. The highest BCUT2D eigenvalue weighted by Crippen LogP contribution is 2.31. The second kappa shape index (κ2) is 10.7. The summed E-state index contributed by atoms with van der Waals surface area (Å²) in [6.07, 6.45) is 0.832. The Morgan fingerprint density at radius 3 is 2.12 bits per heavy atom. The van der Waals surface area contributed by atoms with Gasteiger partial charge in [-0.25, -0.2) is 4.98 Å². The Morgan fingerprint density at radius 2 is 1.44 bits per heavy atom. The number of benzene rings is 3. The first kappa shape index (κ1) is 23.2. The maximum atomic E-state index is 12.8. The molecule has 4 aromatic rings. The van der Waals surface area contributed by atoms with E-state index in [1.807, 2.05) is 36.4 Å². The van der Waals surface area contributed by atoms with Gasteiger partial charge in [-0.2, -0.15) is 0 Å². The van der Waals surface area contributed by atoms with Crippen LogP contribution in [0.25, 0.3) is 11.3 Å². The summed E-state index contributed by atoms with van der Waals surface area (Å²) in [5, 5.41) is 6.28. The number of nitrogens with one attached hydrogen (secondary N) is 2. The molecule has 1 heterocycles. The number of anilines is 2. The van der Waals surface area contributed by atoms with Gasteiger partial charge in [-0.15, -0.1) is 23.7 Å². The van der Waals surface area contributed by atoms with Crippen molar-refractivity contribution in [3.8, 4) is 11.3 Å². The van der Waals surface area contributed by atoms with E-state index in [4.69, 9.17) is 0 Å². The Balaban J connectivity index is 0.00000289. The van der Waals surface area contributed by atoms with Crippen molar-refractivity contribution in [2.24, 2.45) is 0 Å². The summed E-state index contributed by atoms with van der Waals surface area (Å²) in [7, 11) is 0. The summed E-state index contributed by atoms with van der Waals surface area (Å²) in [5.74, 6) is -0.495. The standard InChI is InChI=1S/C25H21N3O2S.ClH/c1-2-21-22(17-10-5-3-6-11-17)27-25(31-21)28-24(30)19-14-9-15-20(16-19)26-23(29)18-12-7-4-8-13-18;/h3-16H,2H2,1H3,(H,26,29)(H,27,28,30);1H. The lowest BCUT2D eigenvalue weighted by Gasteiger charge is -2.07. The van der Waals surface area contributed by atoms with E-state index in [0.717, 1.165) is 22.6 Å². The monoisotopic (exact) mass is 463 g/mol. The quantitative estimate of drug-likeness (QED) is 0.352. The van der Waals surface area contributed by atoms with E-state index < -0.39 is 0 Å². The van der Waals surface area contributed by atoms with E-state index in [1.54, 1.807) is 48.5 Å². The molecule has 1 aromatic heterocycles. The molecular formula is C25H22ClN3O2S. The van der Waals surface area contributed by atoms with Gasteiger partial charge >= 0.3 is 0 Å². The largest absolute Gasteiger partial charge is 0.322 e. The molecule has 0 aliphatic heterocycles. The van der Waals surface area contributed by atoms with Crippen LogP contribution in [0.5, 0.6) is 0 Å². The summed E-state index contributed by atoms with van der Waals surface area (Å²) >= 11 is 1.48.